The molecule has 0 bridgehead atoms. The van der Waals surface area contributed by atoms with Crippen molar-refractivity contribution in [3.05, 3.63) is 29.3 Å². The van der Waals surface area contributed by atoms with Crippen LogP contribution in [0.25, 0.3) is 0 Å². The van der Waals surface area contributed by atoms with Crippen molar-refractivity contribution in [2.45, 2.75) is 32.5 Å². The number of amides is 1. The molecule has 108 valence electrons. The Morgan fingerprint density at radius 3 is 2.30 bits per heavy atom. The molecule has 0 aliphatic rings. The number of nitrogens with one attached hydrogen (secondary N) is 1. The summed E-state index contributed by atoms with van der Waals surface area (Å²) in [6.07, 6.45) is -5.49. The first-order chi connectivity index (χ1) is 9.01. The maximum atomic E-state index is 12.6. The summed E-state index contributed by atoms with van der Waals surface area (Å²) in [6, 6.07) is 4.20. The molecule has 0 fully saturated rings. The van der Waals surface area contributed by atoms with E-state index in [0.717, 1.165) is 12.1 Å². The van der Waals surface area contributed by atoms with Crippen LogP contribution in [-0.2, 0) is 10.9 Å². The number of benzene rings is 1. The lowest BCUT2D eigenvalue weighted by atomic mass is 10.1. The lowest BCUT2D eigenvalue weighted by Crippen LogP contribution is -2.27. The highest BCUT2D eigenvalue weighted by Crippen LogP contribution is 2.32. The molecule has 0 unspecified atom stereocenters. The zero-order valence-corrected chi connectivity index (χ0v) is 11.1. The number of nitriles is 1. The van der Waals surface area contributed by atoms with Gasteiger partial charge in [-0.05, 0) is 39.0 Å². The van der Waals surface area contributed by atoms with Crippen LogP contribution in [0.4, 0.5) is 23.7 Å². The first-order valence-electron chi connectivity index (χ1n) is 5.63. The molecule has 1 rings (SSSR count). The van der Waals surface area contributed by atoms with Crippen molar-refractivity contribution < 1.29 is 22.7 Å². The summed E-state index contributed by atoms with van der Waals surface area (Å²) in [4.78, 5) is 11.5. The number of alkyl halides is 3. The van der Waals surface area contributed by atoms with Gasteiger partial charge in [0, 0.05) is 5.69 Å². The van der Waals surface area contributed by atoms with Crippen LogP contribution in [0.3, 0.4) is 0 Å². The molecule has 1 aromatic rings. The van der Waals surface area contributed by atoms with Gasteiger partial charge < -0.3 is 4.74 Å². The van der Waals surface area contributed by atoms with Crippen LogP contribution in [0.2, 0.25) is 0 Å². The quantitative estimate of drug-likeness (QED) is 0.851. The molecule has 0 aliphatic heterocycles. The Hall–Kier alpha value is -2.23. The maximum absolute atomic E-state index is 12.6. The third-order valence-corrected chi connectivity index (χ3v) is 2.03. The maximum Gasteiger partial charge on any atom is 0.416 e. The van der Waals surface area contributed by atoms with E-state index in [1.54, 1.807) is 26.8 Å². The summed E-state index contributed by atoms with van der Waals surface area (Å²) in [5, 5.41) is 10.9. The molecule has 0 spiro atoms. The Morgan fingerprint density at radius 2 is 1.85 bits per heavy atom. The van der Waals surface area contributed by atoms with Crippen LogP contribution in [0, 0.1) is 11.3 Å². The van der Waals surface area contributed by atoms with Crippen molar-refractivity contribution in [1.82, 2.24) is 0 Å². The second-order valence-electron chi connectivity index (χ2n) is 5.04. The minimum absolute atomic E-state index is 0.148. The van der Waals surface area contributed by atoms with Gasteiger partial charge in [0.2, 0.25) is 0 Å². The number of nitrogens with zero attached hydrogens (tertiary/aromatic N) is 1. The molecular formula is C13H13F3N2O2. The first-order valence-corrected chi connectivity index (χ1v) is 5.63. The molecule has 7 heteroatoms. The summed E-state index contributed by atoms with van der Waals surface area (Å²) < 4.78 is 42.8. The van der Waals surface area contributed by atoms with Crippen molar-refractivity contribution in [3.63, 3.8) is 0 Å². The van der Waals surface area contributed by atoms with E-state index in [0.29, 0.717) is 6.07 Å². The van der Waals surface area contributed by atoms with E-state index < -0.39 is 23.4 Å². The molecule has 0 saturated heterocycles. The second kappa shape index (κ2) is 5.41. The van der Waals surface area contributed by atoms with Gasteiger partial charge in [0.1, 0.15) is 5.60 Å². The summed E-state index contributed by atoms with van der Waals surface area (Å²) in [5.41, 5.74) is -2.14. The average molecular weight is 286 g/mol. The van der Waals surface area contributed by atoms with Crippen molar-refractivity contribution in [3.8, 4) is 6.07 Å². The van der Waals surface area contributed by atoms with Crippen molar-refractivity contribution >= 4 is 11.8 Å². The van der Waals surface area contributed by atoms with Gasteiger partial charge in [-0.3, -0.25) is 5.32 Å². The van der Waals surface area contributed by atoms with Gasteiger partial charge in [0.15, 0.2) is 0 Å². The van der Waals surface area contributed by atoms with Gasteiger partial charge in [-0.25, -0.2) is 4.79 Å². The average Bonchev–Trinajstić information content (AvgIpc) is 2.24. The minimum atomic E-state index is -4.60. The summed E-state index contributed by atoms with van der Waals surface area (Å²) >= 11 is 0. The Balaban J connectivity index is 3.02. The lowest BCUT2D eigenvalue weighted by molar-refractivity contribution is -0.137. The molecule has 1 amide bonds. The second-order valence-corrected chi connectivity index (χ2v) is 5.04. The summed E-state index contributed by atoms with van der Waals surface area (Å²) in [6.45, 7) is 4.87. The highest BCUT2D eigenvalue weighted by Gasteiger charge is 2.31. The fourth-order valence-corrected chi connectivity index (χ4v) is 1.35. The third-order valence-electron chi connectivity index (χ3n) is 2.03. The van der Waals surface area contributed by atoms with E-state index in [1.165, 1.54) is 0 Å². The molecule has 20 heavy (non-hydrogen) atoms. The fraction of sp³-hybridized carbons (Fsp3) is 0.385. The number of halogens is 3. The van der Waals surface area contributed by atoms with Crippen LogP contribution >= 0.6 is 0 Å². The van der Waals surface area contributed by atoms with Crippen LogP contribution < -0.4 is 5.32 Å². The van der Waals surface area contributed by atoms with Crippen molar-refractivity contribution in [2.24, 2.45) is 0 Å². The van der Waals surface area contributed by atoms with E-state index in [2.05, 4.69) is 5.32 Å². The molecule has 0 radical (unpaired) electrons. The standard InChI is InChI=1S/C13H13F3N2O2/c1-12(2,3)20-11(19)18-10-5-8(7-17)4-9(6-10)13(14,15)16/h4-6H,1-3H3,(H,18,19). The highest BCUT2D eigenvalue weighted by molar-refractivity contribution is 5.85. The number of anilines is 1. The number of ether oxygens (including phenoxy) is 1. The molecule has 0 heterocycles. The predicted octanol–water partition coefficient (Wildman–Crippen LogP) is 3.92. The van der Waals surface area contributed by atoms with Crippen LogP contribution in [0.5, 0.6) is 0 Å². The molecule has 0 aliphatic carbocycles. The highest BCUT2D eigenvalue weighted by atomic mass is 19.4. The molecular weight excluding hydrogens is 273 g/mol. The first kappa shape index (κ1) is 15.8. The van der Waals surface area contributed by atoms with E-state index in [-0.39, 0.29) is 11.3 Å². The largest absolute Gasteiger partial charge is 0.444 e. The summed E-state index contributed by atoms with van der Waals surface area (Å²) in [5.74, 6) is 0. The molecule has 0 atom stereocenters. The Bertz CT molecular complexity index is 554. The Morgan fingerprint density at radius 1 is 1.25 bits per heavy atom. The Labute approximate surface area is 114 Å². The van der Waals surface area contributed by atoms with Crippen LogP contribution in [0.15, 0.2) is 18.2 Å². The monoisotopic (exact) mass is 286 g/mol. The normalized spacial score (nSPS) is 11.7. The lowest BCUT2D eigenvalue weighted by Gasteiger charge is -2.20. The zero-order chi connectivity index (χ0) is 15.6. The molecule has 1 aromatic carbocycles. The molecule has 4 nitrogen and oxygen atoms in total. The summed E-state index contributed by atoms with van der Waals surface area (Å²) in [7, 11) is 0. The van der Waals surface area contributed by atoms with E-state index in [9.17, 15) is 18.0 Å². The van der Waals surface area contributed by atoms with E-state index >= 15 is 0 Å². The van der Waals surface area contributed by atoms with Gasteiger partial charge >= 0.3 is 12.3 Å². The fourth-order valence-electron chi connectivity index (χ4n) is 1.35. The topological polar surface area (TPSA) is 62.1 Å². The van der Waals surface area contributed by atoms with Crippen LogP contribution in [0.1, 0.15) is 31.9 Å². The van der Waals surface area contributed by atoms with Crippen LogP contribution in [-0.4, -0.2) is 11.7 Å². The molecule has 0 saturated carbocycles. The van der Waals surface area contributed by atoms with Gasteiger partial charge in [-0.2, -0.15) is 18.4 Å². The van der Waals surface area contributed by atoms with Gasteiger partial charge in [-0.1, -0.05) is 0 Å². The number of carbonyl (C=O) groups excluding carboxylic acids is 1. The van der Waals surface area contributed by atoms with Gasteiger partial charge in [-0.15, -0.1) is 0 Å². The van der Waals surface area contributed by atoms with E-state index in [4.69, 9.17) is 10.00 Å². The number of rotatable bonds is 1. The zero-order valence-electron chi connectivity index (χ0n) is 11.1. The smallest absolute Gasteiger partial charge is 0.416 e. The number of carbonyl (C=O) groups is 1. The van der Waals surface area contributed by atoms with Crippen molar-refractivity contribution in [1.29, 1.82) is 5.26 Å². The third kappa shape index (κ3) is 4.80. The van der Waals surface area contributed by atoms with E-state index in [1.807, 2.05) is 0 Å². The number of hydrogen-bond acceptors (Lipinski definition) is 3. The van der Waals surface area contributed by atoms with Gasteiger partial charge in [0.05, 0.1) is 17.2 Å². The SMILES string of the molecule is CC(C)(C)OC(=O)Nc1cc(C#N)cc(C(F)(F)F)c1. The number of hydrogen-bond donors (Lipinski definition) is 1. The molecule has 0 aromatic heterocycles. The van der Waals surface area contributed by atoms with Gasteiger partial charge in [0.25, 0.3) is 0 Å². The molecule has 1 N–H and O–H groups in total. The minimum Gasteiger partial charge on any atom is -0.444 e. The Kier molecular flexibility index (Phi) is 4.28. The predicted molar refractivity (Wildman–Crippen MR) is 66.0 cm³/mol. The van der Waals surface area contributed by atoms with Crippen molar-refractivity contribution in [2.75, 3.05) is 5.32 Å².